The Balaban J connectivity index is 2.25. The minimum Gasteiger partial charge on any atom is -0.381 e. The zero-order valence-electron chi connectivity index (χ0n) is 10.8. The highest BCUT2D eigenvalue weighted by Crippen LogP contribution is 2.05. The summed E-state index contributed by atoms with van der Waals surface area (Å²) in [5, 5.41) is 3.06. The first-order valence-corrected chi connectivity index (χ1v) is 6.55. The monoisotopic (exact) mass is 243 g/mol. The molecule has 5 nitrogen and oxygen atoms in total. The Hall–Kier alpha value is -0.650. The molecule has 1 amide bonds. The summed E-state index contributed by atoms with van der Waals surface area (Å²) in [7, 11) is 0. The number of carbonyl (C=O) groups excluding carboxylic acids is 1. The summed E-state index contributed by atoms with van der Waals surface area (Å²) in [5.41, 5.74) is 5.53. The van der Waals surface area contributed by atoms with Crippen LogP contribution in [0.5, 0.6) is 0 Å². The SMILES string of the molecule is CCCN(CCN)CC(=O)NC1CCOCC1. The molecule has 1 aliphatic rings. The van der Waals surface area contributed by atoms with Crippen molar-refractivity contribution in [3.05, 3.63) is 0 Å². The van der Waals surface area contributed by atoms with Crippen LogP contribution in [-0.4, -0.2) is 56.2 Å². The topological polar surface area (TPSA) is 67.6 Å². The Kier molecular flexibility index (Phi) is 7.16. The lowest BCUT2D eigenvalue weighted by Crippen LogP contribution is -2.45. The van der Waals surface area contributed by atoms with Crippen LogP contribution in [0.15, 0.2) is 0 Å². The predicted molar refractivity (Wildman–Crippen MR) is 67.8 cm³/mol. The summed E-state index contributed by atoms with van der Waals surface area (Å²) in [4.78, 5) is 13.9. The molecule has 1 fully saturated rings. The maximum absolute atomic E-state index is 11.8. The fourth-order valence-electron chi connectivity index (χ4n) is 2.09. The summed E-state index contributed by atoms with van der Waals surface area (Å²) < 4.78 is 5.26. The van der Waals surface area contributed by atoms with Gasteiger partial charge in [-0.2, -0.15) is 0 Å². The zero-order chi connectivity index (χ0) is 12.5. The van der Waals surface area contributed by atoms with E-state index >= 15 is 0 Å². The number of ether oxygens (including phenoxy) is 1. The highest BCUT2D eigenvalue weighted by Gasteiger charge is 2.17. The lowest BCUT2D eigenvalue weighted by Gasteiger charge is -2.25. The first-order valence-electron chi connectivity index (χ1n) is 6.55. The van der Waals surface area contributed by atoms with E-state index in [1.165, 1.54) is 0 Å². The molecular weight excluding hydrogens is 218 g/mol. The molecule has 0 aromatic rings. The van der Waals surface area contributed by atoms with Crippen molar-refractivity contribution in [2.75, 3.05) is 39.4 Å². The van der Waals surface area contributed by atoms with Crippen molar-refractivity contribution >= 4 is 5.91 Å². The standard InChI is InChI=1S/C12H25N3O2/c1-2-6-15(7-5-13)10-12(16)14-11-3-8-17-9-4-11/h11H,2-10,13H2,1H3,(H,14,16). The van der Waals surface area contributed by atoms with Gasteiger partial charge in [-0.15, -0.1) is 0 Å². The van der Waals surface area contributed by atoms with Crippen LogP contribution in [0.25, 0.3) is 0 Å². The minimum atomic E-state index is 0.110. The van der Waals surface area contributed by atoms with Crippen LogP contribution in [0.3, 0.4) is 0 Å². The summed E-state index contributed by atoms with van der Waals surface area (Å²) in [5.74, 6) is 0.110. The van der Waals surface area contributed by atoms with Crippen LogP contribution in [0.4, 0.5) is 0 Å². The fourth-order valence-corrected chi connectivity index (χ4v) is 2.09. The highest BCUT2D eigenvalue weighted by atomic mass is 16.5. The van der Waals surface area contributed by atoms with Crippen LogP contribution < -0.4 is 11.1 Å². The van der Waals surface area contributed by atoms with E-state index in [-0.39, 0.29) is 11.9 Å². The molecule has 17 heavy (non-hydrogen) atoms. The minimum absolute atomic E-state index is 0.110. The second-order valence-corrected chi connectivity index (χ2v) is 4.52. The third kappa shape index (κ3) is 6.00. The molecule has 1 aliphatic heterocycles. The summed E-state index contributed by atoms with van der Waals surface area (Å²) in [6.07, 6.45) is 2.90. The summed E-state index contributed by atoms with van der Waals surface area (Å²) in [6.45, 7) is 6.40. The van der Waals surface area contributed by atoms with Gasteiger partial charge in [-0.25, -0.2) is 0 Å². The molecule has 0 bridgehead atoms. The second-order valence-electron chi connectivity index (χ2n) is 4.52. The van der Waals surface area contributed by atoms with Gasteiger partial charge in [0.15, 0.2) is 0 Å². The van der Waals surface area contributed by atoms with E-state index in [4.69, 9.17) is 10.5 Å². The van der Waals surface area contributed by atoms with Gasteiger partial charge in [0.05, 0.1) is 6.54 Å². The van der Waals surface area contributed by atoms with Crippen molar-refractivity contribution in [3.63, 3.8) is 0 Å². The van der Waals surface area contributed by atoms with Crippen LogP contribution in [0.2, 0.25) is 0 Å². The molecule has 0 saturated carbocycles. The van der Waals surface area contributed by atoms with Gasteiger partial charge in [-0.3, -0.25) is 9.69 Å². The van der Waals surface area contributed by atoms with Gasteiger partial charge in [-0.1, -0.05) is 6.92 Å². The maximum Gasteiger partial charge on any atom is 0.234 e. The Labute approximate surface area is 104 Å². The average molecular weight is 243 g/mol. The molecule has 0 aliphatic carbocycles. The van der Waals surface area contributed by atoms with Crippen molar-refractivity contribution < 1.29 is 9.53 Å². The molecule has 0 aromatic heterocycles. The quantitative estimate of drug-likeness (QED) is 0.658. The highest BCUT2D eigenvalue weighted by molar-refractivity contribution is 5.78. The molecule has 1 heterocycles. The van der Waals surface area contributed by atoms with Gasteiger partial charge in [0.1, 0.15) is 0 Å². The van der Waals surface area contributed by atoms with E-state index in [1.807, 2.05) is 0 Å². The van der Waals surface area contributed by atoms with Crippen molar-refractivity contribution in [2.24, 2.45) is 5.73 Å². The van der Waals surface area contributed by atoms with Crippen molar-refractivity contribution in [1.29, 1.82) is 0 Å². The molecule has 0 aromatic carbocycles. The van der Waals surface area contributed by atoms with Crippen LogP contribution in [0, 0.1) is 0 Å². The summed E-state index contributed by atoms with van der Waals surface area (Å²) >= 11 is 0. The molecular formula is C12H25N3O2. The van der Waals surface area contributed by atoms with E-state index in [9.17, 15) is 4.79 Å². The van der Waals surface area contributed by atoms with Crippen molar-refractivity contribution in [2.45, 2.75) is 32.2 Å². The smallest absolute Gasteiger partial charge is 0.234 e. The van der Waals surface area contributed by atoms with Crippen LogP contribution in [-0.2, 0) is 9.53 Å². The first-order chi connectivity index (χ1) is 8.26. The van der Waals surface area contributed by atoms with Gasteiger partial charge in [0, 0.05) is 32.3 Å². The number of amides is 1. The van der Waals surface area contributed by atoms with E-state index < -0.39 is 0 Å². The third-order valence-electron chi connectivity index (χ3n) is 2.94. The van der Waals surface area contributed by atoms with E-state index in [0.29, 0.717) is 13.1 Å². The molecule has 100 valence electrons. The van der Waals surface area contributed by atoms with E-state index in [0.717, 1.165) is 45.6 Å². The van der Waals surface area contributed by atoms with Gasteiger partial charge in [0.2, 0.25) is 5.91 Å². The van der Waals surface area contributed by atoms with Crippen molar-refractivity contribution in [3.8, 4) is 0 Å². The molecule has 0 radical (unpaired) electrons. The van der Waals surface area contributed by atoms with Gasteiger partial charge < -0.3 is 15.8 Å². The first kappa shape index (κ1) is 14.4. The molecule has 1 rings (SSSR count). The number of nitrogens with zero attached hydrogens (tertiary/aromatic N) is 1. The maximum atomic E-state index is 11.8. The van der Waals surface area contributed by atoms with Gasteiger partial charge in [0.25, 0.3) is 0 Å². The Morgan fingerprint density at radius 3 is 2.71 bits per heavy atom. The number of hydrogen-bond donors (Lipinski definition) is 2. The van der Waals surface area contributed by atoms with Gasteiger partial charge >= 0.3 is 0 Å². The van der Waals surface area contributed by atoms with E-state index in [1.54, 1.807) is 0 Å². The number of hydrogen-bond acceptors (Lipinski definition) is 4. The molecule has 3 N–H and O–H groups in total. The average Bonchev–Trinajstić information content (AvgIpc) is 2.30. The summed E-state index contributed by atoms with van der Waals surface area (Å²) in [6, 6.07) is 0.289. The zero-order valence-corrected chi connectivity index (χ0v) is 10.8. The number of nitrogens with two attached hydrogens (primary N) is 1. The molecule has 0 unspecified atom stereocenters. The predicted octanol–water partition coefficient (Wildman–Crippen LogP) is -0.0477. The molecule has 0 spiro atoms. The molecule has 5 heteroatoms. The number of nitrogens with one attached hydrogen (secondary N) is 1. The Morgan fingerprint density at radius 2 is 2.12 bits per heavy atom. The molecule has 1 saturated heterocycles. The normalized spacial score (nSPS) is 17.4. The largest absolute Gasteiger partial charge is 0.381 e. The van der Waals surface area contributed by atoms with Crippen molar-refractivity contribution in [1.82, 2.24) is 10.2 Å². The van der Waals surface area contributed by atoms with Gasteiger partial charge in [-0.05, 0) is 25.8 Å². The lowest BCUT2D eigenvalue weighted by molar-refractivity contribution is -0.123. The Bertz CT molecular complexity index is 212. The Morgan fingerprint density at radius 1 is 1.41 bits per heavy atom. The number of carbonyl (C=O) groups is 1. The van der Waals surface area contributed by atoms with E-state index in [2.05, 4.69) is 17.1 Å². The van der Waals surface area contributed by atoms with Crippen LogP contribution >= 0.6 is 0 Å². The second kappa shape index (κ2) is 8.44. The lowest BCUT2D eigenvalue weighted by atomic mass is 10.1. The fraction of sp³-hybridized carbons (Fsp3) is 0.917. The molecule has 0 atom stereocenters. The van der Waals surface area contributed by atoms with Crippen LogP contribution in [0.1, 0.15) is 26.2 Å². The number of rotatable bonds is 7. The third-order valence-corrected chi connectivity index (χ3v) is 2.94.